The van der Waals surface area contributed by atoms with E-state index < -0.39 is 0 Å². The monoisotopic (exact) mass is 364 g/mol. The quantitative estimate of drug-likeness (QED) is 0.495. The van der Waals surface area contributed by atoms with Crippen LogP contribution in [-0.4, -0.2) is 23.2 Å². The molecule has 25 heavy (non-hydrogen) atoms. The third kappa shape index (κ3) is 5.76. The van der Waals surface area contributed by atoms with Crippen LogP contribution < -0.4 is 4.74 Å². The largest absolute Gasteiger partial charge is 0.493 e. The molecule has 1 N–H and O–H groups in total. The summed E-state index contributed by atoms with van der Waals surface area (Å²) in [6.07, 6.45) is 7.89. The van der Waals surface area contributed by atoms with Crippen molar-refractivity contribution in [2.75, 3.05) is 6.61 Å². The molecule has 2 nitrogen and oxygen atoms in total. The molecule has 1 aromatic carbocycles. The lowest BCUT2D eigenvalue weighted by Gasteiger charge is -2.24. The maximum atomic E-state index is 10.4. The average molecular weight is 365 g/mol. The zero-order valence-corrected chi connectivity index (χ0v) is 16.8. The minimum Gasteiger partial charge on any atom is -0.493 e. The van der Waals surface area contributed by atoms with E-state index in [9.17, 15) is 5.11 Å². The van der Waals surface area contributed by atoms with Gasteiger partial charge in [-0.2, -0.15) is 0 Å². The van der Waals surface area contributed by atoms with E-state index in [1.54, 1.807) is 0 Å². The van der Waals surface area contributed by atoms with Gasteiger partial charge in [0.25, 0.3) is 0 Å². The number of rotatable bonds is 7. The van der Waals surface area contributed by atoms with Crippen LogP contribution in [0.4, 0.5) is 0 Å². The van der Waals surface area contributed by atoms with Gasteiger partial charge in [-0.1, -0.05) is 58.4 Å². The van der Waals surface area contributed by atoms with Gasteiger partial charge in [-0.25, -0.2) is 0 Å². The van der Waals surface area contributed by atoms with Crippen LogP contribution in [0, 0.1) is 11.8 Å². The van der Waals surface area contributed by atoms with Crippen molar-refractivity contribution < 1.29 is 9.84 Å². The molecular formula is C22H33ClO2. The number of ether oxygens (including phenoxy) is 1. The van der Waals surface area contributed by atoms with Crippen LogP contribution in [-0.2, 0) is 5.41 Å². The van der Waals surface area contributed by atoms with Crippen LogP contribution in [0.5, 0.6) is 5.75 Å². The normalized spacial score (nSPS) is 27.1. The third-order valence-corrected chi connectivity index (χ3v) is 5.65. The van der Waals surface area contributed by atoms with Crippen molar-refractivity contribution in [1.82, 2.24) is 0 Å². The van der Waals surface area contributed by atoms with Gasteiger partial charge in [0, 0.05) is 11.3 Å². The second-order valence-corrected chi connectivity index (χ2v) is 8.79. The van der Waals surface area contributed by atoms with Crippen LogP contribution in [0.3, 0.4) is 0 Å². The number of allylic oxidation sites excluding steroid dienone is 2. The molecule has 1 aliphatic carbocycles. The Bertz CT molecular complexity index is 561. The van der Waals surface area contributed by atoms with Crippen molar-refractivity contribution >= 4 is 11.6 Å². The first-order valence-corrected chi connectivity index (χ1v) is 9.97. The predicted molar refractivity (Wildman–Crippen MR) is 107 cm³/mol. The Balaban J connectivity index is 1.99. The summed E-state index contributed by atoms with van der Waals surface area (Å²) in [4.78, 5) is 0. The molecule has 0 radical (unpaired) electrons. The molecule has 0 aromatic heterocycles. The lowest BCUT2D eigenvalue weighted by Crippen LogP contribution is -2.27. The Hall–Kier alpha value is -0.990. The molecule has 0 amide bonds. The molecule has 0 unspecified atom stereocenters. The van der Waals surface area contributed by atoms with Gasteiger partial charge < -0.3 is 9.84 Å². The molecule has 140 valence electrons. The molecule has 1 saturated carbocycles. The van der Waals surface area contributed by atoms with E-state index in [0.717, 1.165) is 25.0 Å². The van der Waals surface area contributed by atoms with Crippen molar-refractivity contribution in [3.63, 3.8) is 0 Å². The Morgan fingerprint density at radius 3 is 2.68 bits per heavy atom. The van der Waals surface area contributed by atoms with Gasteiger partial charge in [0.1, 0.15) is 5.75 Å². The molecule has 1 aliphatic rings. The fourth-order valence-corrected chi connectivity index (χ4v) is 3.95. The molecule has 0 heterocycles. The summed E-state index contributed by atoms with van der Waals surface area (Å²) >= 11 is 6.50. The van der Waals surface area contributed by atoms with Crippen LogP contribution in [0.1, 0.15) is 58.9 Å². The van der Waals surface area contributed by atoms with Gasteiger partial charge in [0.15, 0.2) is 0 Å². The van der Waals surface area contributed by atoms with E-state index in [1.807, 2.05) is 12.1 Å². The molecule has 4 atom stereocenters. The van der Waals surface area contributed by atoms with Gasteiger partial charge >= 0.3 is 0 Å². The highest BCUT2D eigenvalue weighted by Gasteiger charge is 2.41. The average Bonchev–Trinajstić information content (AvgIpc) is 2.82. The summed E-state index contributed by atoms with van der Waals surface area (Å²) in [5.41, 5.74) is 1.35. The number of benzene rings is 1. The predicted octanol–water partition coefficient (Wildman–Crippen LogP) is 5.71. The van der Waals surface area contributed by atoms with E-state index in [2.05, 4.69) is 52.0 Å². The number of hydrogen-bond acceptors (Lipinski definition) is 2. The molecule has 3 heteroatoms. The third-order valence-electron chi connectivity index (χ3n) is 5.15. The number of halogens is 1. The molecule has 0 bridgehead atoms. The van der Waals surface area contributed by atoms with Crippen molar-refractivity contribution in [1.29, 1.82) is 0 Å². The summed E-state index contributed by atoms with van der Waals surface area (Å²) < 4.78 is 6.06. The SMILES string of the molecule is CCC/C=C\C[C@@H]1[C@@H](COc2cccc(C(C)(C)C)c2)[C@H](O)C[C@H]1Cl. The Morgan fingerprint density at radius 1 is 1.24 bits per heavy atom. The first-order valence-electron chi connectivity index (χ1n) is 9.53. The number of unbranched alkanes of at least 4 members (excludes halogenated alkanes) is 1. The van der Waals surface area contributed by atoms with E-state index in [1.165, 1.54) is 5.56 Å². The van der Waals surface area contributed by atoms with Gasteiger partial charge in [-0.15, -0.1) is 11.6 Å². The van der Waals surface area contributed by atoms with Gasteiger partial charge in [-0.3, -0.25) is 0 Å². The molecule has 0 saturated heterocycles. The summed E-state index contributed by atoms with van der Waals surface area (Å²) in [5, 5.41) is 10.4. The molecule has 1 fully saturated rings. The van der Waals surface area contributed by atoms with Crippen LogP contribution >= 0.6 is 11.6 Å². The molecule has 2 rings (SSSR count). The van der Waals surface area contributed by atoms with E-state index in [-0.39, 0.29) is 28.7 Å². The minimum absolute atomic E-state index is 0.0239. The van der Waals surface area contributed by atoms with E-state index in [0.29, 0.717) is 13.0 Å². The van der Waals surface area contributed by atoms with Gasteiger partial charge in [-0.05, 0) is 48.3 Å². The highest BCUT2D eigenvalue weighted by Crippen LogP contribution is 2.39. The van der Waals surface area contributed by atoms with Gasteiger partial charge in [0.2, 0.25) is 0 Å². The fourth-order valence-electron chi connectivity index (χ4n) is 3.47. The van der Waals surface area contributed by atoms with Crippen LogP contribution in [0.25, 0.3) is 0 Å². The summed E-state index contributed by atoms with van der Waals surface area (Å²) in [5.74, 6) is 1.24. The summed E-state index contributed by atoms with van der Waals surface area (Å²) in [6.45, 7) is 9.29. The summed E-state index contributed by atoms with van der Waals surface area (Å²) in [6, 6.07) is 8.27. The van der Waals surface area contributed by atoms with E-state index >= 15 is 0 Å². The number of hydrogen-bond donors (Lipinski definition) is 1. The highest BCUT2D eigenvalue weighted by atomic mass is 35.5. The first-order chi connectivity index (χ1) is 11.8. The Morgan fingerprint density at radius 2 is 2.00 bits per heavy atom. The zero-order chi connectivity index (χ0) is 18.4. The zero-order valence-electron chi connectivity index (χ0n) is 16.0. The van der Waals surface area contributed by atoms with Gasteiger partial charge in [0.05, 0.1) is 12.7 Å². The number of alkyl halides is 1. The summed E-state index contributed by atoms with van der Waals surface area (Å²) in [7, 11) is 0. The highest BCUT2D eigenvalue weighted by molar-refractivity contribution is 6.21. The minimum atomic E-state index is -0.377. The molecule has 0 aliphatic heterocycles. The lowest BCUT2D eigenvalue weighted by molar-refractivity contribution is 0.0807. The van der Waals surface area contributed by atoms with Crippen molar-refractivity contribution in [3.8, 4) is 5.75 Å². The van der Waals surface area contributed by atoms with Crippen LogP contribution in [0.2, 0.25) is 0 Å². The van der Waals surface area contributed by atoms with Crippen molar-refractivity contribution in [2.24, 2.45) is 11.8 Å². The second-order valence-electron chi connectivity index (χ2n) is 8.23. The van der Waals surface area contributed by atoms with Crippen molar-refractivity contribution in [3.05, 3.63) is 42.0 Å². The molecular weight excluding hydrogens is 332 g/mol. The van der Waals surface area contributed by atoms with E-state index in [4.69, 9.17) is 16.3 Å². The molecule has 0 spiro atoms. The lowest BCUT2D eigenvalue weighted by atomic mass is 9.87. The second kappa shape index (κ2) is 9.09. The maximum Gasteiger partial charge on any atom is 0.119 e. The fraction of sp³-hybridized carbons (Fsp3) is 0.636. The first kappa shape index (κ1) is 20.3. The number of aliphatic hydroxyl groups excluding tert-OH is 1. The topological polar surface area (TPSA) is 29.5 Å². The van der Waals surface area contributed by atoms with Crippen LogP contribution in [0.15, 0.2) is 36.4 Å². The molecule has 1 aromatic rings. The standard InChI is InChI=1S/C22H33ClO2/c1-5-6-7-8-12-18-19(21(24)14-20(18)23)15-25-17-11-9-10-16(13-17)22(2,3)4/h7-11,13,18-21,24H,5-6,12,14-15H2,1-4H3/b8-7-/t18-,19-,20-,21-/m1/s1. The Kier molecular flexibility index (Phi) is 7.39. The van der Waals surface area contributed by atoms with Crippen molar-refractivity contribution in [2.45, 2.75) is 70.3 Å². The maximum absolute atomic E-state index is 10.4. The smallest absolute Gasteiger partial charge is 0.119 e. The number of aliphatic hydroxyl groups is 1. The Labute approximate surface area is 158 Å².